The van der Waals surface area contributed by atoms with Gasteiger partial charge in [0.2, 0.25) is 5.91 Å². The molecule has 3 aromatic carbocycles. The molecular weight excluding hydrogens is 543 g/mol. The molecule has 1 aliphatic rings. The Hall–Kier alpha value is -3.06. The van der Waals surface area contributed by atoms with Gasteiger partial charge >= 0.3 is 0 Å². The van der Waals surface area contributed by atoms with E-state index in [4.69, 9.17) is 23.2 Å². The topological polar surface area (TPSA) is 64.7 Å². The zero-order chi connectivity index (χ0) is 28.5. The van der Waals surface area contributed by atoms with Gasteiger partial charge in [-0.25, -0.2) is 0 Å². The van der Waals surface area contributed by atoms with E-state index in [-0.39, 0.29) is 29.8 Å². The number of carbonyl (C=O) groups is 2. The quantitative estimate of drug-likeness (QED) is 0.292. The number of nitrogens with one attached hydrogen (secondary N) is 2. The van der Waals surface area contributed by atoms with Gasteiger partial charge in [-0.1, -0.05) is 78.7 Å². The summed E-state index contributed by atoms with van der Waals surface area (Å²) in [5.41, 5.74) is 2.82. The summed E-state index contributed by atoms with van der Waals surface area (Å²) in [5, 5.41) is 7.35. The van der Waals surface area contributed by atoms with E-state index in [0.29, 0.717) is 41.7 Å². The second-order valence-corrected chi connectivity index (χ2v) is 11.2. The fourth-order valence-corrected chi connectivity index (χ4v) is 5.48. The van der Waals surface area contributed by atoms with Crippen molar-refractivity contribution >= 4 is 40.7 Å². The number of nitrogens with zero attached hydrogens (tertiary/aromatic N) is 2. The van der Waals surface area contributed by atoms with E-state index in [1.165, 1.54) is 5.56 Å². The normalized spacial score (nSPS) is 18.2. The van der Waals surface area contributed by atoms with Crippen molar-refractivity contribution in [2.75, 3.05) is 38.1 Å². The van der Waals surface area contributed by atoms with Gasteiger partial charge in [0.05, 0.1) is 16.1 Å². The zero-order valence-corrected chi connectivity index (χ0v) is 24.7. The third kappa shape index (κ3) is 8.00. The van der Waals surface area contributed by atoms with Crippen LogP contribution in [0, 0.1) is 0 Å². The summed E-state index contributed by atoms with van der Waals surface area (Å²) in [6.07, 6.45) is 2.34. The highest BCUT2D eigenvalue weighted by Gasteiger charge is 2.32. The summed E-state index contributed by atoms with van der Waals surface area (Å²) in [6.45, 7) is 4.61. The first-order valence-electron chi connectivity index (χ1n) is 13.9. The number of anilines is 1. The second kappa shape index (κ2) is 14.5. The van der Waals surface area contributed by atoms with Crippen LogP contribution in [0.4, 0.5) is 5.69 Å². The van der Waals surface area contributed by atoms with Crippen molar-refractivity contribution in [3.63, 3.8) is 0 Å². The van der Waals surface area contributed by atoms with Crippen molar-refractivity contribution < 1.29 is 9.59 Å². The number of halogens is 2. The lowest BCUT2D eigenvalue weighted by Gasteiger charge is -2.29. The highest BCUT2D eigenvalue weighted by Crippen LogP contribution is 2.24. The number of rotatable bonds is 11. The Morgan fingerprint density at radius 3 is 2.42 bits per heavy atom. The van der Waals surface area contributed by atoms with E-state index in [0.717, 1.165) is 25.1 Å². The summed E-state index contributed by atoms with van der Waals surface area (Å²) in [7, 11) is 2.05. The van der Waals surface area contributed by atoms with Gasteiger partial charge in [-0.15, -0.1) is 0 Å². The number of amides is 2. The van der Waals surface area contributed by atoms with Crippen LogP contribution in [0.1, 0.15) is 48.0 Å². The Morgan fingerprint density at radius 1 is 1.05 bits per heavy atom. The molecule has 3 aromatic rings. The van der Waals surface area contributed by atoms with Crippen molar-refractivity contribution in [3.05, 3.63) is 100 Å². The molecule has 1 saturated heterocycles. The molecule has 1 unspecified atom stereocenters. The molecule has 0 saturated carbocycles. The van der Waals surface area contributed by atoms with Gasteiger partial charge in [0.25, 0.3) is 5.91 Å². The molecule has 1 heterocycles. The van der Waals surface area contributed by atoms with Crippen LogP contribution < -0.4 is 15.5 Å². The first-order valence-corrected chi connectivity index (χ1v) is 14.7. The second-order valence-electron chi connectivity index (χ2n) is 10.4. The fraction of sp³-hybridized carbons (Fsp3) is 0.375. The molecule has 0 spiro atoms. The van der Waals surface area contributed by atoms with Crippen LogP contribution in [0.2, 0.25) is 10.0 Å². The molecule has 8 heteroatoms. The highest BCUT2D eigenvalue weighted by molar-refractivity contribution is 6.42. The van der Waals surface area contributed by atoms with Gasteiger partial charge < -0.3 is 20.4 Å². The standard InChI is InChI=1S/C32H38Cl2N4O2/c1-3-23(24-10-6-4-7-11-24)22-38-19-16-26(21-35-31(39)25-14-15-28(33)29(34)20-25)36-30(32(38)40)17-18-37(2)27-12-8-5-9-13-27/h4-15,20,23,26,30,36H,3,16-19,21-22H2,1-2H3,(H,35,39)/t23?,26-,30-/m0/s1. The lowest BCUT2D eigenvalue weighted by atomic mass is 9.95. The molecule has 0 bridgehead atoms. The Morgan fingerprint density at radius 2 is 1.75 bits per heavy atom. The highest BCUT2D eigenvalue weighted by atomic mass is 35.5. The van der Waals surface area contributed by atoms with Crippen LogP contribution in [0.5, 0.6) is 0 Å². The monoisotopic (exact) mass is 580 g/mol. The summed E-state index contributed by atoms with van der Waals surface area (Å²) in [5.74, 6) is 0.168. The molecule has 6 nitrogen and oxygen atoms in total. The minimum atomic E-state index is -0.353. The molecule has 0 aliphatic carbocycles. The summed E-state index contributed by atoms with van der Waals surface area (Å²) in [6, 6.07) is 25.0. The average Bonchev–Trinajstić information content (AvgIpc) is 3.13. The molecule has 2 N–H and O–H groups in total. The number of benzene rings is 3. The van der Waals surface area contributed by atoms with Crippen LogP contribution in [-0.4, -0.2) is 62.0 Å². The molecule has 4 rings (SSSR count). The van der Waals surface area contributed by atoms with E-state index in [9.17, 15) is 9.59 Å². The summed E-state index contributed by atoms with van der Waals surface area (Å²) >= 11 is 12.1. The molecule has 2 amide bonds. The molecule has 0 radical (unpaired) electrons. The maximum atomic E-state index is 13.9. The predicted molar refractivity (Wildman–Crippen MR) is 165 cm³/mol. The van der Waals surface area contributed by atoms with Crippen molar-refractivity contribution in [1.82, 2.24) is 15.5 Å². The van der Waals surface area contributed by atoms with Gasteiger partial charge in [0.1, 0.15) is 0 Å². The van der Waals surface area contributed by atoms with Crippen molar-refractivity contribution in [3.8, 4) is 0 Å². The van der Waals surface area contributed by atoms with Gasteiger partial charge in [0.15, 0.2) is 0 Å². The Balaban J connectivity index is 1.46. The van der Waals surface area contributed by atoms with E-state index in [2.05, 4.69) is 58.9 Å². The first-order chi connectivity index (χ1) is 19.4. The van der Waals surface area contributed by atoms with Crippen LogP contribution in [-0.2, 0) is 4.79 Å². The smallest absolute Gasteiger partial charge is 0.251 e. The van der Waals surface area contributed by atoms with Crippen molar-refractivity contribution in [2.24, 2.45) is 0 Å². The van der Waals surface area contributed by atoms with Gasteiger partial charge in [-0.2, -0.15) is 0 Å². The Kier molecular flexibility index (Phi) is 10.9. The molecule has 1 aliphatic heterocycles. The van der Waals surface area contributed by atoms with E-state index >= 15 is 0 Å². The van der Waals surface area contributed by atoms with E-state index in [1.807, 2.05) is 36.2 Å². The van der Waals surface area contributed by atoms with Crippen LogP contribution in [0.25, 0.3) is 0 Å². The lowest BCUT2D eigenvalue weighted by Crippen LogP contribution is -2.50. The maximum absolute atomic E-state index is 13.9. The van der Waals surface area contributed by atoms with Crippen molar-refractivity contribution in [1.29, 1.82) is 0 Å². The van der Waals surface area contributed by atoms with E-state index in [1.54, 1.807) is 18.2 Å². The minimum Gasteiger partial charge on any atom is -0.375 e. The SMILES string of the molecule is CCC(CN1CC[C@@H](CNC(=O)c2ccc(Cl)c(Cl)c2)N[C@@H](CCN(C)c2ccccc2)C1=O)c1ccccc1. The Labute approximate surface area is 247 Å². The van der Waals surface area contributed by atoms with Crippen LogP contribution >= 0.6 is 23.2 Å². The number of para-hydroxylation sites is 1. The third-order valence-corrected chi connectivity index (χ3v) is 8.38. The minimum absolute atomic E-state index is 0.0514. The average molecular weight is 582 g/mol. The van der Waals surface area contributed by atoms with Crippen LogP contribution in [0.15, 0.2) is 78.9 Å². The molecule has 0 aromatic heterocycles. The number of carbonyl (C=O) groups excluding carboxylic acids is 2. The molecule has 1 fully saturated rings. The summed E-state index contributed by atoms with van der Waals surface area (Å²) in [4.78, 5) is 30.9. The lowest BCUT2D eigenvalue weighted by molar-refractivity contribution is -0.133. The van der Waals surface area contributed by atoms with E-state index < -0.39 is 0 Å². The summed E-state index contributed by atoms with van der Waals surface area (Å²) < 4.78 is 0. The first kappa shape index (κ1) is 29.9. The molecule has 3 atom stereocenters. The number of hydrogen-bond donors (Lipinski definition) is 2. The maximum Gasteiger partial charge on any atom is 0.251 e. The van der Waals surface area contributed by atoms with Crippen LogP contribution in [0.3, 0.4) is 0 Å². The van der Waals surface area contributed by atoms with Gasteiger partial charge in [-0.05, 0) is 55.2 Å². The van der Waals surface area contributed by atoms with Gasteiger partial charge in [-0.3, -0.25) is 9.59 Å². The molecular formula is C32H38Cl2N4O2. The van der Waals surface area contributed by atoms with Crippen molar-refractivity contribution in [2.45, 2.75) is 44.2 Å². The van der Waals surface area contributed by atoms with Gasteiger partial charge in [0, 0.05) is 56.4 Å². The Bertz CT molecular complexity index is 1260. The zero-order valence-electron chi connectivity index (χ0n) is 23.2. The predicted octanol–water partition coefficient (Wildman–Crippen LogP) is 6.00. The fourth-order valence-electron chi connectivity index (χ4n) is 5.18. The molecule has 40 heavy (non-hydrogen) atoms. The number of hydrogen-bond acceptors (Lipinski definition) is 4. The third-order valence-electron chi connectivity index (χ3n) is 7.64. The largest absolute Gasteiger partial charge is 0.375 e. The molecule has 212 valence electrons.